The van der Waals surface area contributed by atoms with Crippen molar-refractivity contribution in [2.75, 3.05) is 11.5 Å². The summed E-state index contributed by atoms with van der Waals surface area (Å²) in [4.78, 5) is 44.7. The number of nitrogens with zero attached hydrogens (tertiary/aromatic N) is 2. The van der Waals surface area contributed by atoms with Crippen molar-refractivity contribution < 1.29 is 29.0 Å². The minimum Gasteiger partial charge on any atom is -0.507 e. The molecule has 8 heteroatoms. The van der Waals surface area contributed by atoms with Crippen LogP contribution in [0.3, 0.4) is 0 Å². The van der Waals surface area contributed by atoms with Gasteiger partial charge in [-0.25, -0.2) is 4.79 Å². The highest BCUT2D eigenvalue weighted by Gasteiger charge is 2.47. The first-order chi connectivity index (χ1) is 18.2. The quantitative estimate of drug-likeness (QED) is 0.186. The summed E-state index contributed by atoms with van der Waals surface area (Å²) in [5.74, 6) is -1.83. The van der Waals surface area contributed by atoms with Crippen LogP contribution in [0.25, 0.3) is 5.76 Å². The number of aliphatic hydroxyl groups is 1. The van der Waals surface area contributed by atoms with Gasteiger partial charge in [0.05, 0.1) is 29.9 Å². The Morgan fingerprint density at radius 2 is 1.87 bits per heavy atom. The number of anilines is 1. The van der Waals surface area contributed by atoms with Gasteiger partial charge in [-0.2, -0.15) is 0 Å². The van der Waals surface area contributed by atoms with E-state index in [1.807, 2.05) is 27.7 Å². The molecule has 1 atom stereocenters. The number of esters is 1. The third kappa shape index (κ3) is 5.29. The van der Waals surface area contributed by atoms with Gasteiger partial charge in [0.2, 0.25) is 0 Å². The molecule has 0 spiro atoms. The van der Waals surface area contributed by atoms with Gasteiger partial charge in [-0.05, 0) is 80.8 Å². The molecule has 1 saturated heterocycles. The molecule has 0 radical (unpaired) electrons. The van der Waals surface area contributed by atoms with Gasteiger partial charge >= 0.3 is 5.97 Å². The number of ether oxygens (including phenoxy) is 2. The van der Waals surface area contributed by atoms with Crippen LogP contribution in [-0.4, -0.2) is 40.5 Å². The van der Waals surface area contributed by atoms with Crippen LogP contribution in [0.2, 0.25) is 0 Å². The molecule has 196 valence electrons. The van der Waals surface area contributed by atoms with Crippen molar-refractivity contribution in [3.8, 4) is 5.75 Å². The van der Waals surface area contributed by atoms with Crippen LogP contribution in [0, 0.1) is 6.92 Å². The number of hydrogen-bond acceptors (Lipinski definition) is 7. The molecule has 1 N–H and O–H groups in total. The van der Waals surface area contributed by atoms with Gasteiger partial charge in [-0.3, -0.25) is 19.5 Å². The molecule has 1 aliphatic heterocycles. The Morgan fingerprint density at radius 1 is 1.08 bits per heavy atom. The predicted molar refractivity (Wildman–Crippen MR) is 143 cm³/mol. The highest BCUT2D eigenvalue weighted by Crippen LogP contribution is 2.42. The Hall–Kier alpha value is -4.46. The van der Waals surface area contributed by atoms with Gasteiger partial charge in [-0.1, -0.05) is 19.1 Å². The Morgan fingerprint density at radius 3 is 2.53 bits per heavy atom. The molecule has 1 fully saturated rings. The van der Waals surface area contributed by atoms with Gasteiger partial charge in [-0.15, -0.1) is 0 Å². The zero-order chi connectivity index (χ0) is 27.4. The average molecular weight is 515 g/mol. The Kier molecular flexibility index (Phi) is 7.90. The third-order valence-electron chi connectivity index (χ3n) is 6.05. The maximum absolute atomic E-state index is 13.4. The zero-order valence-corrected chi connectivity index (χ0v) is 21.8. The molecule has 0 bridgehead atoms. The van der Waals surface area contributed by atoms with E-state index < -0.39 is 23.7 Å². The van der Waals surface area contributed by atoms with E-state index in [0.717, 1.165) is 5.56 Å². The zero-order valence-electron chi connectivity index (χ0n) is 21.8. The summed E-state index contributed by atoms with van der Waals surface area (Å²) < 4.78 is 11.0. The number of benzene rings is 2. The minimum atomic E-state index is -0.961. The fourth-order valence-corrected chi connectivity index (χ4v) is 4.35. The van der Waals surface area contributed by atoms with E-state index in [2.05, 4.69) is 4.98 Å². The number of aliphatic hydroxyl groups excluding tert-OH is 1. The summed E-state index contributed by atoms with van der Waals surface area (Å²) in [5, 5.41) is 11.4. The fraction of sp³-hybridized carbons (Fsp3) is 0.267. The minimum absolute atomic E-state index is 0.0286. The van der Waals surface area contributed by atoms with Crippen molar-refractivity contribution in [1.29, 1.82) is 0 Å². The van der Waals surface area contributed by atoms with E-state index in [4.69, 9.17) is 9.47 Å². The number of amides is 1. The topological polar surface area (TPSA) is 106 Å². The number of carbonyl (C=O) groups excluding carboxylic acids is 3. The van der Waals surface area contributed by atoms with E-state index >= 15 is 0 Å². The number of ketones is 1. The summed E-state index contributed by atoms with van der Waals surface area (Å²) >= 11 is 0. The summed E-state index contributed by atoms with van der Waals surface area (Å²) in [6, 6.07) is 13.9. The maximum atomic E-state index is 13.4. The Balaban J connectivity index is 1.84. The van der Waals surface area contributed by atoms with Gasteiger partial charge in [0.25, 0.3) is 11.7 Å². The van der Waals surface area contributed by atoms with Crippen molar-refractivity contribution in [2.45, 2.75) is 46.3 Å². The SMILES string of the molecule is CCCOC(=O)c1cccc(N2C(=O)C(=O)/C(=C(/O)c3ccc(OC(C)C)c(C)c3)C2c2cccnc2)c1. The molecule has 1 aromatic heterocycles. The molecular formula is C30H30N2O6. The average Bonchev–Trinajstić information content (AvgIpc) is 3.18. The molecule has 3 aromatic rings. The number of pyridine rings is 1. The van der Waals surface area contributed by atoms with Crippen LogP contribution in [0.15, 0.2) is 72.6 Å². The van der Waals surface area contributed by atoms with Crippen LogP contribution in [-0.2, 0) is 14.3 Å². The lowest BCUT2D eigenvalue weighted by molar-refractivity contribution is -0.132. The second-order valence-electron chi connectivity index (χ2n) is 9.29. The summed E-state index contributed by atoms with van der Waals surface area (Å²) in [6.07, 6.45) is 3.77. The number of aryl methyl sites for hydroxylation is 1. The molecule has 8 nitrogen and oxygen atoms in total. The van der Waals surface area contributed by atoms with Gasteiger partial charge in [0, 0.05) is 23.6 Å². The molecule has 4 rings (SSSR count). The van der Waals surface area contributed by atoms with E-state index in [1.54, 1.807) is 60.9 Å². The van der Waals surface area contributed by atoms with Crippen LogP contribution < -0.4 is 9.64 Å². The standard InChI is InChI=1S/C30H30N2O6/c1-5-14-37-30(36)21-8-6-10-23(16-21)32-26(22-9-7-13-31-17-22)25(28(34)29(32)35)27(33)20-11-12-24(19(4)15-20)38-18(2)3/h6-13,15-18,26,33H,5,14H2,1-4H3/b27-25+. The largest absolute Gasteiger partial charge is 0.507 e. The summed E-state index contributed by atoms with van der Waals surface area (Å²) in [6.45, 7) is 7.84. The van der Waals surface area contributed by atoms with E-state index in [9.17, 15) is 19.5 Å². The highest BCUT2D eigenvalue weighted by molar-refractivity contribution is 6.51. The summed E-state index contributed by atoms with van der Waals surface area (Å²) in [5.41, 5.74) is 2.18. The fourth-order valence-electron chi connectivity index (χ4n) is 4.35. The number of aromatic nitrogens is 1. The molecular weight excluding hydrogens is 484 g/mol. The van der Waals surface area contributed by atoms with Crippen molar-refractivity contribution in [3.63, 3.8) is 0 Å². The second kappa shape index (κ2) is 11.3. The molecule has 0 aliphatic carbocycles. The molecule has 1 unspecified atom stereocenters. The lowest BCUT2D eigenvalue weighted by Gasteiger charge is -2.25. The van der Waals surface area contributed by atoms with Crippen LogP contribution in [0.1, 0.15) is 60.3 Å². The monoisotopic (exact) mass is 514 g/mol. The molecule has 1 aliphatic rings. The number of hydrogen-bond donors (Lipinski definition) is 1. The predicted octanol–water partition coefficient (Wildman–Crippen LogP) is 5.37. The lowest BCUT2D eigenvalue weighted by Crippen LogP contribution is -2.29. The first-order valence-electron chi connectivity index (χ1n) is 12.5. The normalized spacial score (nSPS) is 16.7. The van der Waals surface area contributed by atoms with Crippen LogP contribution >= 0.6 is 0 Å². The Labute approximate surface area is 221 Å². The molecule has 1 amide bonds. The first-order valence-corrected chi connectivity index (χ1v) is 12.5. The number of rotatable bonds is 8. The van der Waals surface area contributed by atoms with E-state index in [1.165, 1.54) is 11.0 Å². The lowest BCUT2D eigenvalue weighted by atomic mass is 9.95. The number of carbonyl (C=O) groups is 3. The third-order valence-corrected chi connectivity index (χ3v) is 6.05. The van der Waals surface area contributed by atoms with E-state index in [0.29, 0.717) is 29.0 Å². The number of Topliss-reactive ketones (excluding diaryl/α,β-unsaturated/α-hetero) is 1. The van der Waals surface area contributed by atoms with Crippen LogP contribution in [0.5, 0.6) is 5.75 Å². The Bertz CT molecular complexity index is 1400. The van der Waals surface area contributed by atoms with Crippen molar-refractivity contribution in [3.05, 3.63) is 94.8 Å². The van der Waals surface area contributed by atoms with Gasteiger partial charge in [0.1, 0.15) is 11.5 Å². The van der Waals surface area contributed by atoms with Gasteiger partial charge < -0.3 is 14.6 Å². The van der Waals surface area contributed by atoms with Gasteiger partial charge in [0.15, 0.2) is 0 Å². The van der Waals surface area contributed by atoms with Crippen LogP contribution in [0.4, 0.5) is 5.69 Å². The summed E-state index contributed by atoms with van der Waals surface area (Å²) in [7, 11) is 0. The molecule has 0 saturated carbocycles. The van der Waals surface area contributed by atoms with Crippen molar-refractivity contribution in [1.82, 2.24) is 4.98 Å². The highest BCUT2D eigenvalue weighted by atomic mass is 16.5. The smallest absolute Gasteiger partial charge is 0.338 e. The second-order valence-corrected chi connectivity index (χ2v) is 9.29. The molecule has 2 aromatic carbocycles. The first kappa shape index (κ1) is 26.6. The molecule has 38 heavy (non-hydrogen) atoms. The van der Waals surface area contributed by atoms with E-state index in [-0.39, 0.29) is 29.6 Å². The maximum Gasteiger partial charge on any atom is 0.338 e. The van der Waals surface area contributed by atoms with Crippen molar-refractivity contribution >= 4 is 29.1 Å². The van der Waals surface area contributed by atoms with Crippen molar-refractivity contribution in [2.24, 2.45) is 0 Å². The molecule has 2 heterocycles.